The number of nitrogens with zero attached hydrogens (tertiary/aromatic N) is 5. The molecule has 3 N–H and O–H groups in total. The minimum Gasteiger partial charge on any atom is -0.443 e. The van der Waals surface area contributed by atoms with Crippen LogP contribution in [0.25, 0.3) is 16.8 Å². The number of amides is 1. The fourth-order valence-electron chi connectivity index (χ4n) is 4.51. The van der Waals surface area contributed by atoms with E-state index >= 15 is 4.39 Å². The van der Waals surface area contributed by atoms with E-state index in [1.807, 2.05) is 43.5 Å². The van der Waals surface area contributed by atoms with Crippen LogP contribution in [-0.4, -0.2) is 54.0 Å². The summed E-state index contributed by atoms with van der Waals surface area (Å²) in [7, 11) is 0. The molecule has 1 saturated carbocycles. The molecule has 4 heterocycles. The number of hydrogen-bond acceptors (Lipinski definition) is 7. The van der Waals surface area contributed by atoms with Crippen molar-refractivity contribution in [2.45, 2.75) is 57.8 Å². The Bertz CT molecular complexity index is 1340. The zero-order valence-electron chi connectivity index (χ0n) is 19.7. The van der Waals surface area contributed by atoms with Crippen molar-refractivity contribution in [1.29, 1.82) is 0 Å². The van der Waals surface area contributed by atoms with Gasteiger partial charge in [-0.2, -0.15) is 5.10 Å². The molecular weight excluding hydrogens is 451 g/mol. The number of nitrogens with one attached hydrogen (secondary N) is 3. The molecule has 0 radical (unpaired) electrons. The molecule has 1 amide bonds. The standard InChI is InChI=1S/C24H27FN8O2/c1-13(2)28-24(34)35-18-7-6-16(21(18)25)17-11-19(32-31-17)30-23-29-14(3)20(15-5-4-8-26-12-15)22-27-9-10-33(22)23/h4-5,8-13,16,18,21H,6-7H2,1-3H3,(H,28,34)(H2,29,30,31,32)/t16-,18-,21+/m1/s1. The molecule has 0 bridgehead atoms. The van der Waals surface area contributed by atoms with Crippen molar-refractivity contribution in [3.8, 4) is 11.1 Å². The van der Waals surface area contributed by atoms with E-state index < -0.39 is 24.3 Å². The number of anilines is 2. The first kappa shape index (κ1) is 22.8. The zero-order valence-corrected chi connectivity index (χ0v) is 19.7. The number of imidazole rings is 1. The van der Waals surface area contributed by atoms with Crippen LogP contribution in [0, 0.1) is 6.92 Å². The van der Waals surface area contributed by atoms with Gasteiger partial charge in [-0.1, -0.05) is 6.07 Å². The first-order chi connectivity index (χ1) is 16.9. The predicted octanol–water partition coefficient (Wildman–Crippen LogP) is 4.29. The summed E-state index contributed by atoms with van der Waals surface area (Å²) in [5.74, 6) is 0.603. The molecule has 10 nitrogen and oxygen atoms in total. The summed E-state index contributed by atoms with van der Waals surface area (Å²) >= 11 is 0. The summed E-state index contributed by atoms with van der Waals surface area (Å²) in [6.45, 7) is 5.57. The van der Waals surface area contributed by atoms with Crippen molar-refractivity contribution in [1.82, 2.24) is 34.9 Å². The quantitative estimate of drug-likeness (QED) is 0.378. The van der Waals surface area contributed by atoms with E-state index in [4.69, 9.17) is 9.72 Å². The van der Waals surface area contributed by atoms with Crippen LogP contribution < -0.4 is 10.6 Å². The molecule has 35 heavy (non-hydrogen) atoms. The Hall–Kier alpha value is -4.02. The fraction of sp³-hybridized carbons (Fsp3) is 0.375. The average Bonchev–Trinajstić information content (AvgIpc) is 3.55. The van der Waals surface area contributed by atoms with Crippen LogP contribution in [0.5, 0.6) is 0 Å². The molecule has 1 aliphatic rings. The van der Waals surface area contributed by atoms with Crippen molar-refractivity contribution in [2.24, 2.45) is 0 Å². The van der Waals surface area contributed by atoms with Gasteiger partial charge in [0.15, 0.2) is 5.82 Å². The maximum atomic E-state index is 15.1. The van der Waals surface area contributed by atoms with Gasteiger partial charge in [-0.15, -0.1) is 0 Å². The maximum absolute atomic E-state index is 15.1. The summed E-state index contributed by atoms with van der Waals surface area (Å²) in [6.07, 6.45) is 5.33. The Morgan fingerprint density at radius 2 is 2.17 bits per heavy atom. The molecule has 1 fully saturated rings. The summed E-state index contributed by atoms with van der Waals surface area (Å²) in [5.41, 5.74) is 3.99. The van der Waals surface area contributed by atoms with E-state index in [9.17, 15) is 4.79 Å². The molecule has 11 heteroatoms. The SMILES string of the molecule is Cc1nc(Nc2cc([C@H]3CC[C@@H](OC(=O)NC(C)C)[C@H]3F)[nH]n2)n2ccnc2c1-c1cccnc1. The second-order valence-corrected chi connectivity index (χ2v) is 8.96. The number of aryl methyl sites for hydroxylation is 1. The number of carbonyl (C=O) groups excluding carboxylic acids is 1. The Kier molecular flexibility index (Phi) is 6.06. The van der Waals surface area contributed by atoms with Crippen LogP contribution in [0.15, 0.2) is 43.0 Å². The Morgan fingerprint density at radius 3 is 2.94 bits per heavy atom. The second kappa shape index (κ2) is 9.32. The third kappa shape index (κ3) is 4.53. The highest BCUT2D eigenvalue weighted by Gasteiger charge is 2.41. The highest BCUT2D eigenvalue weighted by molar-refractivity contribution is 5.80. The van der Waals surface area contributed by atoms with Gasteiger partial charge in [0.05, 0.1) is 5.69 Å². The minimum atomic E-state index is -1.32. The van der Waals surface area contributed by atoms with Crippen LogP contribution in [0.3, 0.4) is 0 Å². The lowest BCUT2D eigenvalue weighted by atomic mass is 10.0. The molecule has 0 unspecified atom stereocenters. The van der Waals surface area contributed by atoms with Gasteiger partial charge in [0.25, 0.3) is 0 Å². The molecule has 182 valence electrons. The summed E-state index contributed by atoms with van der Waals surface area (Å²) in [4.78, 5) is 25.3. The summed E-state index contributed by atoms with van der Waals surface area (Å²) in [6, 6.07) is 5.54. The molecule has 5 rings (SSSR count). The first-order valence-electron chi connectivity index (χ1n) is 11.6. The lowest BCUT2D eigenvalue weighted by molar-refractivity contribution is 0.0555. The maximum Gasteiger partial charge on any atom is 0.407 e. The average molecular weight is 479 g/mol. The van der Waals surface area contributed by atoms with Crippen LogP contribution in [0.4, 0.5) is 21.0 Å². The largest absolute Gasteiger partial charge is 0.443 e. The number of H-pyrrole nitrogens is 1. The van der Waals surface area contributed by atoms with Crippen molar-refractivity contribution < 1.29 is 13.9 Å². The first-order valence-corrected chi connectivity index (χ1v) is 11.6. The van der Waals surface area contributed by atoms with Gasteiger partial charge in [-0.25, -0.2) is 19.2 Å². The predicted molar refractivity (Wildman–Crippen MR) is 128 cm³/mol. The van der Waals surface area contributed by atoms with Gasteiger partial charge in [0, 0.05) is 59.6 Å². The van der Waals surface area contributed by atoms with Crippen molar-refractivity contribution >= 4 is 23.5 Å². The van der Waals surface area contributed by atoms with E-state index in [1.54, 1.807) is 24.7 Å². The summed E-state index contributed by atoms with van der Waals surface area (Å²) < 4.78 is 22.2. The number of aromatic nitrogens is 6. The number of fused-ring (bicyclic) bond motifs is 1. The van der Waals surface area contributed by atoms with Crippen LogP contribution >= 0.6 is 0 Å². The second-order valence-electron chi connectivity index (χ2n) is 8.96. The number of alkyl halides is 1. The number of rotatable bonds is 6. The Morgan fingerprint density at radius 1 is 1.31 bits per heavy atom. The highest BCUT2D eigenvalue weighted by Crippen LogP contribution is 2.38. The van der Waals surface area contributed by atoms with E-state index in [0.29, 0.717) is 30.3 Å². The van der Waals surface area contributed by atoms with E-state index in [-0.39, 0.29) is 6.04 Å². The Balaban J connectivity index is 1.34. The smallest absolute Gasteiger partial charge is 0.407 e. The zero-order chi connectivity index (χ0) is 24.5. The number of ether oxygens (including phenoxy) is 1. The molecule has 0 saturated heterocycles. The number of hydrogen-bond donors (Lipinski definition) is 3. The van der Waals surface area contributed by atoms with Crippen molar-refractivity contribution in [2.75, 3.05) is 5.32 Å². The van der Waals surface area contributed by atoms with Crippen molar-refractivity contribution in [3.63, 3.8) is 0 Å². The number of alkyl carbamates (subject to hydrolysis) is 1. The van der Waals surface area contributed by atoms with Gasteiger partial charge >= 0.3 is 6.09 Å². The fourth-order valence-corrected chi connectivity index (χ4v) is 4.51. The van der Waals surface area contributed by atoms with Crippen LogP contribution in [0.2, 0.25) is 0 Å². The van der Waals surface area contributed by atoms with Gasteiger partial charge in [-0.3, -0.25) is 14.5 Å². The highest BCUT2D eigenvalue weighted by atomic mass is 19.1. The topological polar surface area (TPSA) is 122 Å². The molecule has 3 atom stereocenters. The molecule has 4 aromatic heterocycles. The lowest BCUT2D eigenvalue weighted by Crippen LogP contribution is -2.36. The number of halogens is 1. The van der Waals surface area contributed by atoms with Crippen LogP contribution in [0.1, 0.15) is 44.0 Å². The van der Waals surface area contributed by atoms with Gasteiger partial charge in [0.1, 0.15) is 17.9 Å². The number of aromatic amines is 1. The van der Waals surface area contributed by atoms with E-state index in [0.717, 1.165) is 22.5 Å². The van der Waals surface area contributed by atoms with Gasteiger partial charge < -0.3 is 15.4 Å². The minimum absolute atomic E-state index is 0.0726. The monoisotopic (exact) mass is 478 g/mol. The number of pyridine rings is 1. The lowest BCUT2D eigenvalue weighted by Gasteiger charge is -2.18. The molecule has 1 aliphatic carbocycles. The molecule has 0 spiro atoms. The van der Waals surface area contributed by atoms with Crippen LogP contribution in [-0.2, 0) is 4.74 Å². The normalized spacial score (nSPS) is 19.9. The molecule has 0 aromatic carbocycles. The van der Waals surface area contributed by atoms with E-state index in [1.165, 1.54) is 0 Å². The van der Waals surface area contributed by atoms with Gasteiger partial charge in [-0.05, 0) is 39.7 Å². The number of carbonyl (C=O) groups is 1. The van der Waals surface area contributed by atoms with Crippen molar-refractivity contribution in [3.05, 3.63) is 54.4 Å². The Labute approximate surface area is 201 Å². The molecule has 0 aliphatic heterocycles. The third-order valence-corrected chi connectivity index (χ3v) is 6.08. The summed E-state index contributed by atoms with van der Waals surface area (Å²) in [5, 5.41) is 13.1. The van der Waals surface area contributed by atoms with E-state index in [2.05, 4.69) is 30.8 Å². The third-order valence-electron chi connectivity index (χ3n) is 6.08. The molecular formula is C24H27FN8O2. The van der Waals surface area contributed by atoms with Gasteiger partial charge in [0.2, 0.25) is 5.95 Å². The molecule has 4 aromatic rings.